The van der Waals surface area contributed by atoms with Crippen LogP contribution in [-0.2, 0) is 16.6 Å². The molecule has 0 unspecified atom stereocenters. The Labute approximate surface area is 121 Å². The molecule has 0 aliphatic heterocycles. The van der Waals surface area contributed by atoms with Gasteiger partial charge in [-0.25, -0.2) is 8.42 Å². The minimum absolute atomic E-state index is 0.0434. The Kier molecular flexibility index (Phi) is 5.74. The van der Waals surface area contributed by atoms with Crippen LogP contribution in [0.4, 0.5) is 0 Å². The Morgan fingerprint density at radius 2 is 2.15 bits per heavy atom. The lowest BCUT2D eigenvalue weighted by Gasteiger charge is -2.17. The van der Waals surface area contributed by atoms with E-state index in [0.29, 0.717) is 18.7 Å². The highest BCUT2D eigenvalue weighted by Crippen LogP contribution is 2.20. The zero-order valence-corrected chi connectivity index (χ0v) is 13.2. The fourth-order valence-corrected chi connectivity index (χ4v) is 3.28. The van der Waals surface area contributed by atoms with Gasteiger partial charge in [-0.05, 0) is 6.92 Å². The van der Waals surface area contributed by atoms with Crippen LogP contribution in [0.2, 0.25) is 0 Å². The molecular weight excluding hydrogens is 276 g/mol. The van der Waals surface area contributed by atoms with Crippen molar-refractivity contribution >= 4 is 10.0 Å². The molecule has 0 amide bonds. The molecule has 20 heavy (non-hydrogen) atoms. The molecule has 0 saturated carbocycles. The summed E-state index contributed by atoms with van der Waals surface area (Å²) in [5.74, 6) is 2.36. The van der Waals surface area contributed by atoms with Gasteiger partial charge in [-0.1, -0.05) is 26.7 Å². The van der Waals surface area contributed by atoms with Crippen LogP contribution < -0.4 is 5.32 Å². The number of terminal acetylenes is 1. The first-order valence-electron chi connectivity index (χ1n) is 6.55. The fourth-order valence-electron chi connectivity index (χ4n) is 1.75. The predicted molar refractivity (Wildman–Crippen MR) is 78.6 cm³/mol. The second-order valence-electron chi connectivity index (χ2n) is 4.80. The quantitative estimate of drug-likeness (QED) is 0.732. The molecule has 112 valence electrons. The third-order valence-corrected chi connectivity index (χ3v) is 4.82. The van der Waals surface area contributed by atoms with Crippen molar-refractivity contribution in [2.24, 2.45) is 0 Å². The molecule has 1 heterocycles. The van der Waals surface area contributed by atoms with E-state index in [1.165, 1.54) is 4.31 Å². The summed E-state index contributed by atoms with van der Waals surface area (Å²) in [4.78, 5) is 0. The summed E-state index contributed by atoms with van der Waals surface area (Å²) in [5.41, 5.74) is 1.41. The molecule has 6 nitrogen and oxygen atoms in total. The van der Waals surface area contributed by atoms with E-state index in [-0.39, 0.29) is 17.6 Å². The second-order valence-corrected chi connectivity index (χ2v) is 6.66. The monoisotopic (exact) mass is 298 g/mol. The number of nitrogens with one attached hydrogen (secondary N) is 2. The Balaban J connectivity index is 3.16. The summed E-state index contributed by atoms with van der Waals surface area (Å²) in [7, 11) is -3.66. The Hall–Kier alpha value is -1.36. The molecule has 0 aliphatic rings. The lowest BCUT2D eigenvalue weighted by Crippen LogP contribution is -2.33. The molecule has 0 fully saturated rings. The first-order valence-corrected chi connectivity index (χ1v) is 7.99. The number of hydrogen-bond acceptors (Lipinski definition) is 4. The molecule has 0 spiro atoms. The average molecular weight is 298 g/mol. The van der Waals surface area contributed by atoms with E-state index in [1.807, 2.05) is 13.8 Å². The Bertz CT molecular complexity index is 584. The average Bonchev–Trinajstić information content (AvgIpc) is 2.75. The third kappa shape index (κ3) is 3.60. The molecule has 0 aliphatic carbocycles. The van der Waals surface area contributed by atoms with Crippen LogP contribution in [0, 0.1) is 19.3 Å². The lowest BCUT2D eigenvalue weighted by atomic mass is 10.2. The zero-order chi connectivity index (χ0) is 15.3. The van der Waals surface area contributed by atoms with Crippen LogP contribution in [0.15, 0.2) is 5.03 Å². The van der Waals surface area contributed by atoms with Crippen molar-refractivity contribution < 1.29 is 8.42 Å². The van der Waals surface area contributed by atoms with Gasteiger partial charge in [-0.3, -0.25) is 5.10 Å². The minimum atomic E-state index is -3.66. The highest BCUT2D eigenvalue weighted by molar-refractivity contribution is 7.89. The number of sulfonamides is 1. The highest BCUT2D eigenvalue weighted by Gasteiger charge is 2.29. The molecule has 0 aromatic carbocycles. The van der Waals surface area contributed by atoms with Crippen molar-refractivity contribution in [3.05, 3.63) is 11.3 Å². The number of nitrogens with zero attached hydrogens (tertiary/aromatic N) is 2. The number of rotatable bonds is 7. The number of aromatic amines is 1. The van der Waals surface area contributed by atoms with Crippen molar-refractivity contribution in [1.29, 1.82) is 0 Å². The zero-order valence-electron chi connectivity index (χ0n) is 12.4. The molecule has 2 N–H and O–H groups in total. The van der Waals surface area contributed by atoms with Gasteiger partial charge >= 0.3 is 0 Å². The van der Waals surface area contributed by atoms with Gasteiger partial charge < -0.3 is 5.32 Å². The van der Waals surface area contributed by atoms with E-state index in [1.54, 1.807) is 13.8 Å². The van der Waals surface area contributed by atoms with Crippen LogP contribution in [0.1, 0.15) is 32.0 Å². The van der Waals surface area contributed by atoms with Gasteiger partial charge in [0.1, 0.15) is 0 Å². The summed E-state index contributed by atoms with van der Waals surface area (Å²) < 4.78 is 26.3. The molecule has 0 radical (unpaired) electrons. The van der Waals surface area contributed by atoms with Gasteiger partial charge in [0.2, 0.25) is 0 Å². The molecule has 1 aromatic heterocycles. The maximum absolute atomic E-state index is 12.6. The van der Waals surface area contributed by atoms with Gasteiger partial charge in [-0.15, -0.1) is 6.42 Å². The highest BCUT2D eigenvalue weighted by atomic mass is 32.2. The molecule has 1 aromatic rings. The lowest BCUT2D eigenvalue weighted by molar-refractivity contribution is 0.459. The first-order chi connectivity index (χ1) is 9.34. The van der Waals surface area contributed by atoms with E-state index in [9.17, 15) is 8.42 Å². The van der Waals surface area contributed by atoms with Crippen molar-refractivity contribution in [2.75, 3.05) is 13.1 Å². The van der Waals surface area contributed by atoms with E-state index >= 15 is 0 Å². The van der Waals surface area contributed by atoms with Gasteiger partial charge in [0.05, 0.1) is 6.54 Å². The SMILES string of the molecule is C#CCN(CC)S(=O)(=O)c1n[nH]c(C)c1CNC(C)C. The molecular formula is C13H22N4O2S. The van der Waals surface area contributed by atoms with Crippen molar-refractivity contribution in [3.63, 3.8) is 0 Å². The number of hydrogen-bond donors (Lipinski definition) is 2. The minimum Gasteiger partial charge on any atom is -0.310 e. The van der Waals surface area contributed by atoms with Crippen LogP contribution in [0.3, 0.4) is 0 Å². The normalized spacial score (nSPS) is 12.1. The summed E-state index contributed by atoms with van der Waals surface area (Å²) in [5, 5.41) is 9.96. The van der Waals surface area contributed by atoms with Crippen molar-refractivity contribution in [1.82, 2.24) is 19.8 Å². The van der Waals surface area contributed by atoms with Gasteiger partial charge in [0, 0.05) is 30.4 Å². The first kappa shape index (κ1) is 16.7. The van der Waals surface area contributed by atoms with E-state index < -0.39 is 10.0 Å². The van der Waals surface area contributed by atoms with Gasteiger partial charge in [0.25, 0.3) is 10.0 Å². The molecule has 7 heteroatoms. The number of H-pyrrole nitrogens is 1. The topological polar surface area (TPSA) is 78.1 Å². The van der Waals surface area contributed by atoms with Crippen LogP contribution >= 0.6 is 0 Å². The molecule has 0 saturated heterocycles. The standard InChI is InChI=1S/C13H22N4O2S/c1-6-8-17(7-2)20(18,19)13-12(9-14-10(3)4)11(5)15-16-13/h1,10,14H,7-9H2,2-5H3,(H,15,16). The van der Waals surface area contributed by atoms with Crippen LogP contribution in [0.5, 0.6) is 0 Å². The third-order valence-electron chi connectivity index (χ3n) is 2.93. The van der Waals surface area contributed by atoms with Crippen molar-refractivity contribution in [3.8, 4) is 12.3 Å². The summed E-state index contributed by atoms with van der Waals surface area (Å²) >= 11 is 0. The van der Waals surface area contributed by atoms with Crippen LogP contribution in [-0.4, -0.2) is 42.1 Å². The Morgan fingerprint density at radius 3 is 2.65 bits per heavy atom. The maximum atomic E-state index is 12.6. The second kappa shape index (κ2) is 6.88. The van der Waals surface area contributed by atoms with E-state index in [4.69, 9.17) is 6.42 Å². The number of aryl methyl sites for hydroxylation is 1. The predicted octanol–water partition coefficient (Wildman–Crippen LogP) is 0.860. The number of aromatic nitrogens is 2. The molecule has 1 rings (SSSR count). The van der Waals surface area contributed by atoms with Gasteiger partial charge in [-0.2, -0.15) is 9.40 Å². The Morgan fingerprint density at radius 1 is 1.50 bits per heavy atom. The summed E-state index contributed by atoms with van der Waals surface area (Å²) in [6, 6.07) is 0.257. The van der Waals surface area contributed by atoms with E-state index in [2.05, 4.69) is 21.4 Å². The smallest absolute Gasteiger partial charge is 0.263 e. The fraction of sp³-hybridized carbons (Fsp3) is 0.615. The summed E-state index contributed by atoms with van der Waals surface area (Å²) in [6.07, 6.45) is 5.22. The summed E-state index contributed by atoms with van der Waals surface area (Å²) in [6.45, 7) is 8.36. The van der Waals surface area contributed by atoms with Crippen molar-refractivity contribution in [2.45, 2.75) is 45.3 Å². The van der Waals surface area contributed by atoms with Gasteiger partial charge in [0.15, 0.2) is 5.03 Å². The van der Waals surface area contributed by atoms with E-state index in [0.717, 1.165) is 5.69 Å². The van der Waals surface area contributed by atoms with Crippen LogP contribution in [0.25, 0.3) is 0 Å². The largest absolute Gasteiger partial charge is 0.310 e. The maximum Gasteiger partial charge on any atom is 0.263 e. The molecule has 0 bridgehead atoms. The molecule has 0 atom stereocenters.